The van der Waals surface area contributed by atoms with Crippen LogP contribution in [0.5, 0.6) is 0 Å². The molecule has 116 valence electrons. The number of hydrogen-bond donors (Lipinski definition) is 1. The van der Waals surface area contributed by atoms with Crippen LogP contribution in [0.15, 0.2) is 16.0 Å². The fraction of sp³-hybridized carbons (Fsp3) is 0.462. The fourth-order valence-corrected chi connectivity index (χ4v) is 1.81. The van der Waals surface area contributed by atoms with Crippen molar-refractivity contribution in [2.45, 2.75) is 19.4 Å². The monoisotopic (exact) mass is 316 g/mol. The maximum Gasteiger partial charge on any atom is 0.341 e. The van der Waals surface area contributed by atoms with E-state index in [1.54, 1.807) is 6.92 Å². The van der Waals surface area contributed by atoms with Gasteiger partial charge >= 0.3 is 5.97 Å². The molecule has 1 N–H and O–H groups in total. The van der Waals surface area contributed by atoms with Gasteiger partial charge in [-0.1, -0.05) is 16.8 Å². The van der Waals surface area contributed by atoms with Crippen molar-refractivity contribution < 1.29 is 19.5 Å². The SMILES string of the molecule is COC(=O)c1c(C/C=N/OC[C@H](C)O)cc(=O)n(C)c1Cl. The number of carbonyl (C=O) groups excluding carboxylic acids is 1. The Morgan fingerprint density at radius 2 is 2.29 bits per heavy atom. The highest BCUT2D eigenvalue weighted by Crippen LogP contribution is 2.18. The molecule has 1 heterocycles. The van der Waals surface area contributed by atoms with Gasteiger partial charge in [0.1, 0.15) is 11.8 Å². The lowest BCUT2D eigenvalue weighted by Gasteiger charge is -2.11. The third-order valence-electron chi connectivity index (χ3n) is 2.62. The molecule has 0 saturated heterocycles. The Bertz CT molecular complexity index is 595. The van der Waals surface area contributed by atoms with Crippen LogP contribution in [0, 0.1) is 0 Å². The van der Waals surface area contributed by atoms with E-state index in [0.29, 0.717) is 5.56 Å². The summed E-state index contributed by atoms with van der Waals surface area (Å²) in [6, 6.07) is 1.29. The minimum absolute atomic E-state index is 0.00245. The molecule has 0 aliphatic rings. The summed E-state index contributed by atoms with van der Waals surface area (Å²) in [5.41, 5.74) is 0.156. The molecular formula is C13H17ClN2O5. The normalized spacial score (nSPS) is 12.4. The second-order valence-electron chi connectivity index (χ2n) is 4.36. The van der Waals surface area contributed by atoms with E-state index in [0.717, 1.165) is 4.57 Å². The maximum absolute atomic E-state index is 11.8. The average molecular weight is 317 g/mol. The minimum atomic E-state index is -0.635. The van der Waals surface area contributed by atoms with E-state index in [1.807, 2.05) is 0 Å². The van der Waals surface area contributed by atoms with E-state index in [-0.39, 0.29) is 29.3 Å². The summed E-state index contributed by atoms with van der Waals surface area (Å²) in [4.78, 5) is 28.3. The number of nitrogens with zero attached hydrogens (tertiary/aromatic N) is 2. The summed E-state index contributed by atoms with van der Waals surface area (Å²) in [5, 5.41) is 12.6. The van der Waals surface area contributed by atoms with Crippen LogP contribution in [0.1, 0.15) is 22.8 Å². The first-order valence-corrected chi connectivity index (χ1v) is 6.54. The number of ether oxygens (including phenoxy) is 1. The Hall–Kier alpha value is -1.86. The average Bonchev–Trinajstić information content (AvgIpc) is 2.43. The summed E-state index contributed by atoms with van der Waals surface area (Å²) in [6.45, 7) is 1.61. The maximum atomic E-state index is 11.8. The number of esters is 1. The van der Waals surface area contributed by atoms with Crippen LogP contribution in [0.3, 0.4) is 0 Å². The number of rotatable bonds is 6. The molecular weight excluding hydrogens is 300 g/mol. The Morgan fingerprint density at radius 3 is 2.86 bits per heavy atom. The number of methoxy groups -OCH3 is 1. The molecule has 7 nitrogen and oxygen atoms in total. The predicted molar refractivity (Wildman–Crippen MR) is 77.9 cm³/mol. The molecule has 0 aliphatic heterocycles. The molecule has 21 heavy (non-hydrogen) atoms. The second kappa shape index (κ2) is 7.80. The number of carbonyl (C=O) groups is 1. The van der Waals surface area contributed by atoms with Crippen LogP contribution in [-0.4, -0.2) is 41.7 Å². The Labute approximate surface area is 126 Å². The molecule has 0 fully saturated rings. The number of aromatic nitrogens is 1. The lowest BCUT2D eigenvalue weighted by molar-refractivity contribution is 0.0506. The Kier molecular flexibility index (Phi) is 6.39. The zero-order valence-electron chi connectivity index (χ0n) is 12.0. The largest absolute Gasteiger partial charge is 0.465 e. The Balaban J connectivity index is 3.00. The van der Waals surface area contributed by atoms with Gasteiger partial charge in [-0.2, -0.15) is 0 Å². The molecule has 0 bridgehead atoms. The lowest BCUT2D eigenvalue weighted by Crippen LogP contribution is -2.22. The van der Waals surface area contributed by atoms with Crippen molar-refractivity contribution in [2.75, 3.05) is 13.7 Å². The number of hydrogen-bond acceptors (Lipinski definition) is 6. The van der Waals surface area contributed by atoms with Gasteiger partial charge in [0.05, 0.1) is 18.8 Å². The van der Waals surface area contributed by atoms with Crippen molar-refractivity contribution in [1.29, 1.82) is 0 Å². The molecule has 0 aromatic carbocycles. The summed E-state index contributed by atoms with van der Waals surface area (Å²) in [5.74, 6) is -0.635. The topological polar surface area (TPSA) is 90.1 Å². The number of oxime groups is 1. The fourth-order valence-electron chi connectivity index (χ4n) is 1.53. The van der Waals surface area contributed by atoms with Gasteiger partial charge in [0.15, 0.2) is 0 Å². The Morgan fingerprint density at radius 1 is 1.62 bits per heavy atom. The summed E-state index contributed by atoms with van der Waals surface area (Å²) < 4.78 is 5.82. The van der Waals surface area contributed by atoms with Gasteiger partial charge in [-0.05, 0) is 12.5 Å². The van der Waals surface area contributed by atoms with Gasteiger partial charge in [0.2, 0.25) is 0 Å². The van der Waals surface area contributed by atoms with Gasteiger partial charge in [0, 0.05) is 25.7 Å². The van der Waals surface area contributed by atoms with Gasteiger partial charge in [-0.15, -0.1) is 0 Å². The van der Waals surface area contributed by atoms with E-state index < -0.39 is 12.1 Å². The summed E-state index contributed by atoms with van der Waals surface area (Å²) >= 11 is 6.01. The molecule has 1 atom stereocenters. The van der Waals surface area contributed by atoms with E-state index in [2.05, 4.69) is 9.89 Å². The molecule has 1 aromatic heterocycles. The number of aliphatic hydroxyl groups excluding tert-OH is 1. The van der Waals surface area contributed by atoms with E-state index in [1.165, 1.54) is 26.4 Å². The highest BCUT2D eigenvalue weighted by molar-refractivity contribution is 6.32. The highest BCUT2D eigenvalue weighted by Gasteiger charge is 2.19. The van der Waals surface area contributed by atoms with Crippen LogP contribution < -0.4 is 5.56 Å². The smallest absolute Gasteiger partial charge is 0.341 e. The first-order valence-electron chi connectivity index (χ1n) is 6.17. The zero-order chi connectivity index (χ0) is 16.0. The first kappa shape index (κ1) is 17.2. The van der Waals surface area contributed by atoms with Gasteiger partial charge < -0.3 is 19.2 Å². The van der Waals surface area contributed by atoms with Gasteiger partial charge in [0.25, 0.3) is 5.56 Å². The molecule has 8 heteroatoms. The van der Waals surface area contributed by atoms with Crippen molar-refractivity contribution in [3.8, 4) is 0 Å². The van der Waals surface area contributed by atoms with Crippen molar-refractivity contribution in [2.24, 2.45) is 12.2 Å². The molecule has 0 saturated carbocycles. The second-order valence-corrected chi connectivity index (χ2v) is 4.72. The van der Waals surface area contributed by atoms with Crippen LogP contribution in [0.4, 0.5) is 0 Å². The first-order chi connectivity index (χ1) is 9.88. The van der Waals surface area contributed by atoms with E-state index in [9.17, 15) is 9.59 Å². The van der Waals surface area contributed by atoms with E-state index in [4.69, 9.17) is 21.5 Å². The minimum Gasteiger partial charge on any atom is -0.465 e. The van der Waals surface area contributed by atoms with Crippen LogP contribution in [-0.2, 0) is 23.0 Å². The zero-order valence-corrected chi connectivity index (χ0v) is 12.8. The van der Waals surface area contributed by atoms with Crippen LogP contribution >= 0.6 is 11.6 Å². The van der Waals surface area contributed by atoms with E-state index >= 15 is 0 Å². The molecule has 1 aromatic rings. The van der Waals surface area contributed by atoms with Gasteiger partial charge in [-0.3, -0.25) is 4.79 Å². The van der Waals surface area contributed by atoms with Crippen LogP contribution in [0.25, 0.3) is 0 Å². The van der Waals surface area contributed by atoms with Gasteiger partial charge in [-0.25, -0.2) is 4.79 Å². The number of aliphatic hydroxyl groups is 1. The lowest BCUT2D eigenvalue weighted by atomic mass is 10.1. The van der Waals surface area contributed by atoms with Crippen molar-refractivity contribution in [3.05, 3.63) is 32.7 Å². The standard InChI is InChI=1S/C13H17ClN2O5/c1-8(17)7-21-15-5-4-9-6-10(18)16(2)12(14)11(9)13(19)20-3/h5-6,8,17H,4,7H2,1-3H3/b15-5+/t8-/m0/s1. The molecule has 0 radical (unpaired) electrons. The highest BCUT2D eigenvalue weighted by atomic mass is 35.5. The molecule has 1 rings (SSSR count). The summed E-state index contributed by atoms with van der Waals surface area (Å²) in [6.07, 6.45) is 0.909. The molecule has 0 aliphatic carbocycles. The van der Waals surface area contributed by atoms with Crippen molar-refractivity contribution in [3.63, 3.8) is 0 Å². The quantitative estimate of drug-likeness (QED) is 0.362. The molecule has 0 amide bonds. The number of halogens is 1. The third kappa shape index (κ3) is 4.57. The predicted octanol–water partition coefficient (Wildman–Crippen LogP) is 0.751. The van der Waals surface area contributed by atoms with Crippen LogP contribution in [0.2, 0.25) is 5.15 Å². The van der Waals surface area contributed by atoms with Crippen molar-refractivity contribution in [1.82, 2.24) is 4.57 Å². The van der Waals surface area contributed by atoms with Crippen molar-refractivity contribution >= 4 is 23.8 Å². The molecule has 0 unspecified atom stereocenters. The molecule has 0 spiro atoms. The number of pyridine rings is 1. The third-order valence-corrected chi connectivity index (χ3v) is 3.06. The summed E-state index contributed by atoms with van der Waals surface area (Å²) in [7, 11) is 2.69.